The largest absolute Gasteiger partial charge is 0.486 e. The maximum Gasteiger partial charge on any atom is 0.162 e. The molecule has 3 rings (SSSR count). The van der Waals surface area contributed by atoms with Gasteiger partial charge in [0.2, 0.25) is 0 Å². The van der Waals surface area contributed by atoms with Gasteiger partial charge in [-0.1, -0.05) is 23.4 Å². The normalized spacial score (nSPS) is 12.9. The van der Waals surface area contributed by atoms with E-state index < -0.39 is 0 Å². The number of fused-ring (bicyclic) bond motifs is 1. The van der Waals surface area contributed by atoms with Gasteiger partial charge in [0.1, 0.15) is 19.8 Å². The number of nitriles is 1. The van der Waals surface area contributed by atoms with Gasteiger partial charge in [-0.3, -0.25) is 0 Å². The summed E-state index contributed by atoms with van der Waals surface area (Å²) < 4.78 is 11.0. The Balaban J connectivity index is 1.62. The first-order chi connectivity index (χ1) is 10.9. The zero-order valence-corrected chi connectivity index (χ0v) is 11.9. The number of nitrogens with zero attached hydrogens (tertiary/aromatic N) is 2. The van der Waals surface area contributed by atoms with Gasteiger partial charge in [0.15, 0.2) is 11.5 Å². The molecule has 22 heavy (non-hydrogen) atoms. The van der Waals surface area contributed by atoms with E-state index in [0.29, 0.717) is 24.5 Å². The molecule has 0 fully saturated rings. The predicted octanol–water partition coefficient (Wildman–Crippen LogP) is 2.88. The molecule has 0 saturated carbocycles. The third kappa shape index (κ3) is 3.18. The summed E-state index contributed by atoms with van der Waals surface area (Å²) in [5, 5.41) is 12.9. The molecule has 1 aliphatic heterocycles. The fourth-order valence-corrected chi connectivity index (χ4v) is 2.10. The quantitative estimate of drug-likeness (QED) is 0.642. The Hall–Kier alpha value is -3.00. The van der Waals surface area contributed by atoms with Crippen LogP contribution in [0.15, 0.2) is 47.6 Å². The van der Waals surface area contributed by atoms with Crippen LogP contribution in [0.4, 0.5) is 0 Å². The third-order valence-electron chi connectivity index (χ3n) is 3.20. The van der Waals surface area contributed by atoms with Crippen LogP contribution in [-0.4, -0.2) is 19.4 Å². The Morgan fingerprint density at radius 2 is 1.95 bits per heavy atom. The minimum Gasteiger partial charge on any atom is -0.486 e. The number of ether oxygens (including phenoxy) is 2. The van der Waals surface area contributed by atoms with Crippen molar-refractivity contribution in [2.45, 2.75) is 6.61 Å². The highest BCUT2D eigenvalue weighted by molar-refractivity contribution is 5.80. The minimum absolute atomic E-state index is 0.255. The molecular formula is C17H14N2O3. The van der Waals surface area contributed by atoms with Crippen molar-refractivity contribution in [3.05, 3.63) is 59.2 Å². The highest BCUT2D eigenvalue weighted by Gasteiger charge is 2.10. The second-order valence-electron chi connectivity index (χ2n) is 4.68. The van der Waals surface area contributed by atoms with Crippen LogP contribution in [0.5, 0.6) is 11.5 Å². The topological polar surface area (TPSA) is 63.8 Å². The van der Waals surface area contributed by atoms with Crippen molar-refractivity contribution in [1.29, 1.82) is 5.26 Å². The summed E-state index contributed by atoms with van der Waals surface area (Å²) in [4.78, 5) is 5.26. The van der Waals surface area contributed by atoms with Crippen molar-refractivity contribution in [3.63, 3.8) is 0 Å². The number of rotatable bonds is 4. The molecule has 2 aromatic rings. The van der Waals surface area contributed by atoms with Crippen LogP contribution in [0.25, 0.3) is 0 Å². The van der Waals surface area contributed by atoms with E-state index in [4.69, 9.17) is 19.6 Å². The first-order valence-electron chi connectivity index (χ1n) is 6.90. The van der Waals surface area contributed by atoms with Gasteiger partial charge in [-0.05, 0) is 24.3 Å². The van der Waals surface area contributed by atoms with Crippen LogP contribution in [0, 0.1) is 11.3 Å². The number of hydrogen-bond donors (Lipinski definition) is 0. The van der Waals surface area contributed by atoms with Crippen molar-refractivity contribution in [1.82, 2.24) is 0 Å². The van der Waals surface area contributed by atoms with Crippen LogP contribution in [0.1, 0.15) is 16.7 Å². The summed E-state index contributed by atoms with van der Waals surface area (Å²) >= 11 is 0. The monoisotopic (exact) mass is 294 g/mol. The average Bonchev–Trinajstić information content (AvgIpc) is 2.59. The highest BCUT2D eigenvalue weighted by Crippen LogP contribution is 2.30. The zero-order chi connectivity index (χ0) is 15.2. The Morgan fingerprint density at radius 3 is 2.82 bits per heavy atom. The van der Waals surface area contributed by atoms with Gasteiger partial charge in [0, 0.05) is 11.1 Å². The predicted molar refractivity (Wildman–Crippen MR) is 81.0 cm³/mol. The molecule has 1 heterocycles. The zero-order valence-electron chi connectivity index (χ0n) is 11.9. The molecule has 0 aromatic heterocycles. The van der Waals surface area contributed by atoms with Crippen LogP contribution in [0.2, 0.25) is 0 Å². The molecule has 0 aliphatic carbocycles. The van der Waals surface area contributed by atoms with Gasteiger partial charge in [-0.2, -0.15) is 5.26 Å². The van der Waals surface area contributed by atoms with Gasteiger partial charge in [0.05, 0.1) is 17.8 Å². The molecule has 0 atom stereocenters. The van der Waals surface area contributed by atoms with Gasteiger partial charge >= 0.3 is 0 Å². The molecule has 5 heteroatoms. The number of oxime groups is 1. The molecule has 0 unspecified atom stereocenters. The van der Waals surface area contributed by atoms with Crippen LogP contribution in [-0.2, 0) is 11.4 Å². The lowest BCUT2D eigenvalue weighted by atomic mass is 10.1. The summed E-state index contributed by atoms with van der Waals surface area (Å²) in [7, 11) is 0. The molecule has 2 aromatic carbocycles. The lowest BCUT2D eigenvalue weighted by Gasteiger charge is -2.18. The van der Waals surface area contributed by atoms with E-state index in [9.17, 15) is 0 Å². The Morgan fingerprint density at radius 1 is 1.14 bits per heavy atom. The van der Waals surface area contributed by atoms with E-state index in [0.717, 1.165) is 16.9 Å². The summed E-state index contributed by atoms with van der Waals surface area (Å²) in [5.74, 6) is 1.46. The first kappa shape index (κ1) is 14.0. The lowest BCUT2D eigenvalue weighted by molar-refractivity contribution is 0.132. The summed E-state index contributed by atoms with van der Waals surface area (Å²) in [6, 6.07) is 15.0. The molecule has 0 amide bonds. The van der Waals surface area contributed by atoms with Crippen molar-refractivity contribution >= 4 is 6.21 Å². The van der Waals surface area contributed by atoms with Crippen molar-refractivity contribution in [3.8, 4) is 17.6 Å². The third-order valence-corrected chi connectivity index (χ3v) is 3.20. The average molecular weight is 294 g/mol. The number of benzene rings is 2. The van der Waals surface area contributed by atoms with Crippen molar-refractivity contribution < 1.29 is 14.3 Å². The second-order valence-corrected chi connectivity index (χ2v) is 4.68. The van der Waals surface area contributed by atoms with Gasteiger partial charge in [-0.15, -0.1) is 0 Å². The summed E-state index contributed by atoms with van der Waals surface area (Å²) in [5.41, 5.74) is 2.26. The molecular weight excluding hydrogens is 280 g/mol. The maximum absolute atomic E-state index is 9.00. The highest BCUT2D eigenvalue weighted by atomic mass is 16.6. The molecule has 5 nitrogen and oxygen atoms in total. The van der Waals surface area contributed by atoms with Crippen LogP contribution < -0.4 is 9.47 Å². The summed E-state index contributed by atoms with van der Waals surface area (Å²) in [6.07, 6.45) is 1.60. The van der Waals surface area contributed by atoms with Gasteiger partial charge in [-0.25, -0.2) is 0 Å². The Labute approximate surface area is 128 Å². The van der Waals surface area contributed by atoms with E-state index >= 15 is 0 Å². The van der Waals surface area contributed by atoms with E-state index in [1.54, 1.807) is 12.3 Å². The fourth-order valence-electron chi connectivity index (χ4n) is 2.10. The van der Waals surface area contributed by atoms with Crippen LogP contribution in [0.3, 0.4) is 0 Å². The second kappa shape index (κ2) is 6.64. The lowest BCUT2D eigenvalue weighted by Crippen LogP contribution is -2.15. The maximum atomic E-state index is 9.00. The Kier molecular flexibility index (Phi) is 4.21. The molecule has 110 valence electrons. The SMILES string of the molecule is N#Cc1ccccc1CO/N=C\c1ccc2c(c1)OCCO2. The molecule has 0 saturated heterocycles. The first-order valence-corrected chi connectivity index (χ1v) is 6.90. The Bertz CT molecular complexity index is 735. The minimum atomic E-state index is 0.255. The molecule has 1 aliphatic rings. The van der Waals surface area contributed by atoms with Crippen LogP contribution >= 0.6 is 0 Å². The standard InChI is InChI=1S/C17H14N2O3/c18-10-14-3-1-2-4-15(14)12-22-19-11-13-5-6-16-17(9-13)21-8-7-20-16/h1-6,9,11H,7-8,12H2/b19-11-. The van der Waals surface area contributed by atoms with Crippen molar-refractivity contribution in [2.75, 3.05) is 13.2 Å². The van der Waals surface area contributed by atoms with E-state index in [1.165, 1.54) is 0 Å². The van der Waals surface area contributed by atoms with E-state index in [-0.39, 0.29) is 6.61 Å². The molecule has 0 bridgehead atoms. The van der Waals surface area contributed by atoms with E-state index in [1.807, 2.05) is 36.4 Å². The number of hydrogen-bond acceptors (Lipinski definition) is 5. The van der Waals surface area contributed by atoms with Crippen molar-refractivity contribution in [2.24, 2.45) is 5.16 Å². The summed E-state index contributed by atoms with van der Waals surface area (Å²) in [6.45, 7) is 1.38. The van der Waals surface area contributed by atoms with E-state index in [2.05, 4.69) is 11.2 Å². The fraction of sp³-hybridized carbons (Fsp3) is 0.176. The van der Waals surface area contributed by atoms with Gasteiger partial charge in [0.25, 0.3) is 0 Å². The van der Waals surface area contributed by atoms with Gasteiger partial charge < -0.3 is 14.3 Å². The molecule has 0 spiro atoms. The smallest absolute Gasteiger partial charge is 0.162 e. The molecule has 0 N–H and O–H groups in total. The molecule has 0 radical (unpaired) electrons.